The van der Waals surface area contributed by atoms with Crippen LogP contribution < -0.4 is 10.6 Å². The number of rotatable bonds is 7. The first kappa shape index (κ1) is 24.3. The van der Waals surface area contributed by atoms with Gasteiger partial charge in [0.1, 0.15) is 0 Å². The van der Waals surface area contributed by atoms with Crippen molar-refractivity contribution in [2.45, 2.75) is 26.2 Å². The zero-order valence-corrected chi connectivity index (χ0v) is 21.4. The van der Waals surface area contributed by atoms with Crippen LogP contribution in [0.4, 0.5) is 11.5 Å². The number of fused-ring (bicyclic) bond motifs is 1. The Morgan fingerprint density at radius 3 is 2.69 bits per heavy atom. The first-order valence-corrected chi connectivity index (χ1v) is 12.8. The van der Waals surface area contributed by atoms with Gasteiger partial charge in [-0.1, -0.05) is 23.7 Å². The predicted octanol–water partition coefficient (Wildman–Crippen LogP) is 5.56. The standard InChI is InChI=1S/C28H31ClN6O/c1-19-17-23(7-8-24(19)28(36)34(2)15-11-20-9-12-30-13-10-20)33-26-27-32-18-25(35(27)16-14-31-26)21-3-5-22(29)6-4-21/h3-8,14,16-18,20,30H,9-13,15H2,1-2H3,(H,31,33). The molecule has 1 aliphatic rings. The lowest BCUT2D eigenvalue weighted by molar-refractivity contribution is 0.0784. The molecule has 36 heavy (non-hydrogen) atoms. The van der Waals surface area contributed by atoms with Crippen molar-refractivity contribution in [1.82, 2.24) is 24.6 Å². The van der Waals surface area contributed by atoms with Crippen LogP contribution in [0.15, 0.2) is 61.1 Å². The molecule has 0 spiro atoms. The second-order valence-corrected chi connectivity index (χ2v) is 9.92. The summed E-state index contributed by atoms with van der Waals surface area (Å²) in [4.78, 5) is 24.1. The number of benzene rings is 2. The van der Waals surface area contributed by atoms with E-state index in [1.165, 1.54) is 12.8 Å². The third-order valence-electron chi connectivity index (χ3n) is 6.97. The first-order valence-electron chi connectivity index (χ1n) is 12.4. The third kappa shape index (κ3) is 5.22. The molecule has 0 unspecified atom stereocenters. The average molecular weight is 503 g/mol. The Labute approximate surface area is 216 Å². The number of halogens is 1. The average Bonchev–Trinajstić information content (AvgIpc) is 3.33. The molecule has 1 aliphatic heterocycles. The summed E-state index contributed by atoms with van der Waals surface area (Å²) in [6, 6.07) is 13.5. The van der Waals surface area contributed by atoms with Gasteiger partial charge in [-0.15, -0.1) is 0 Å². The van der Waals surface area contributed by atoms with Gasteiger partial charge in [0, 0.05) is 47.8 Å². The Morgan fingerprint density at radius 1 is 1.17 bits per heavy atom. The molecule has 1 saturated heterocycles. The summed E-state index contributed by atoms with van der Waals surface area (Å²) in [5, 5.41) is 7.48. The summed E-state index contributed by atoms with van der Waals surface area (Å²) in [7, 11) is 1.90. The molecule has 2 aromatic carbocycles. The van der Waals surface area contributed by atoms with Crippen LogP contribution in [0.3, 0.4) is 0 Å². The maximum Gasteiger partial charge on any atom is 0.253 e. The normalized spacial score (nSPS) is 14.2. The Hall–Kier alpha value is -3.42. The highest BCUT2D eigenvalue weighted by Gasteiger charge is 2.18. The molecular weight excluding hydrogens is 472 g/mol. The Kier molecular flexibility index (Phi) is 7.20. The van der Waals surface area contributed by atoms with E-state index in [2.05, 4.69) is 20.6 Å². The quantitative estimate of drug-likeness (QED) is 0.346. The summed E-state index contributed by atoms with van der Waals surface area (Å²) in [6.45, 7) is 4.92. The van der Waals surface area contributed by atoms with Crippen molar-refractivity contribution in [3.63, 3.8) is 0 Å². The third-order valence-corrected chi connectivity index (χ3v) is 7.22. The number of carbonyl (C=O) groups excluding carboxylic acids is 1. The molecule has 1 amide bonds. The van der Waals surface area contributed by atoms with E-state index in [1.807, 2.05) is 78.1 Å². The van der Waals surface area contributed by atoms with E-state index >= 15 is 0 Å². The van der Waals surface area contributed by atoms with E-state index < -0.39 is 0 Å². The molecule has 5 rings (SSSR count). The molecule has 7 nitrogen and oxygen atoms in total. The van der Waals surface area contributed by atoms with E-state index in [0.717, 1.165) is 59.8 Å². The molecule has 8 heteroatoms. The number of hydrogen-bond acceptors (Lipinski definition) is 5. The summed E-state index contributed by atoms with van der Waals surface area (Å²) in [5.41, 5.74) is 5.21. The monoisotopic (exact) mass is 502 g/mol. The highest BCUT2D eigenvalue weighted by Crippen LogP contribution is 2.27. The lowest BCUT2D eigenvalue weighted by Crippen LogP contribution is -2.32. The van der Waals surface area contributed by atoms with Gasteiger partial charge in [0.2, 0.25) is 0 Å². The van der Waals surface area contributed by atoms with Gasteiger partial charge in [0.15, 0.2) is 11.5 Å². The Bertz CT molecular complexity index is 1360. The fourth-order valence-corrected chi connectivity index (χ4v) is 4.94. The number of nitrogens with zero attached hydrogens (tertiary/aromatic N) is 4. The lowest BCUT2D eigenvalue weighted by atomic mass is 9.94. The zero-order chi connectivity index (χ0) is 25.1. The smallest absolute Gasteiger partial charge is 0.253 e. The zero-order valence-electron chi connectivity index (χ0n) is 20.7. The molecule has 186 valence electrons. The number of aryl methyl sites for hydroxylation is 1. The molecule has 1 fully saturated rings. The summed E-state index contributed by atoms with van der Waals surface area (Å²) in [6.07, 6.45) is 8.92. The van der Waals surface area contributed by atoms with E-state index in [4.69, 9.17) is 11.6 Å². The highest BCUT2D eigenvalue weighted by atomic mass is 35.5. The molecule has 0 saturated carbocycles. The van der Waals surface area contributed by atoms with Gasteiger partial charge in [0.05, 0.1) is 11.9 Å². The number of imidazole rings is 1. The van der Waals surface area contributed by atoms with Crippen molar-refractivity contribution < 1.29 is 4.79 Å². The van der Waals surface area contributed by atoms with Gasteiger partial charge in [0.25, 0.3) is 5.91 Å². The van der Waals surface area contributed by atoms with Gasteiger partial charge in [-0.05, 0) is 81.1 Å². The second-order valence-electron chi connectivity index (χ2n) is 9.48. The molecule has 2 N–H and O–H groups in total. The van der Waals surface area contributed by atoms with E-state index in [9.17, 15) is 4.79 Å². The molecule has 0 atom stereocenters. The lowest BCUT2D eigenvalue weighted by Gasteiger charge is -2.25. The SMILES string of the molecule is Cc1cc(Nc2nccn3c(-c4ccc(Cl)cc4)cnc23)ccc1C(=O)N(C)CCC1CCNCC1. The highest BCUT2D eigenvalue weighted by molar-refractivity contribution is 6.30. The Morgan fingerprint density at radius 2 is 1.94 bits per heavy atom. The molecule has 0 radical (unpaired) electrons. The maximum absolute atomic E-state index is 13.1. The number of amides is 1. The van der Waals surface area contributed by atoms with Crippen LogP contribution in [0.1, 0.15) is 35.2 Å². The van der Waals surface area contributed by atoms with Gasteiger partial charge in [-0.2, -0.15) is 0 Å². The minimum Gasteiger partial charge on any atom is -0.342 e. The van der Waals surface area contributed by atoms with Crippen molar-refractivity contribution in [2.75, 3.05) is 32.0 Å². The van der Waals surface area contributed by atoms with Crippen molar-refractivity contribution in [3.05, 3.63) is 77.2 Å². The van der Waals surface area contributed by atoms with Crippen LogP contribution in [-0.4, -0.2) is 51.9 Å². The number of piperidine rings is 1. The number of aromatic nitrogens is 3. The molecular formula is C28H31ClN6O. The number of anilines is 2. The first-order chi connectivity index (χ1) is 17.5. The van der Waals surface area contributed by atoms with E-state index in [-0.39, 0.29) is 5.91 Å². The predicted molar refractivity (Wildman–Crippen MR) is 145 cm³/mol. The van der Waals surface area contributed by atoms with E-state index in [0.29, 0.717) is 16.8 Å². The van der Waals surface area contributed by atoms with Crippen molar-refractivity contribution >= 4 is 34.7 Å². The molecule has 2 aromatic heterocycles. The van der Waals surface area contributed by atoms with Gasteiger partial charge in [-0.25, -0.2) is 9.97 Å². The van der Waals surface area contributed by atoms with Crippen LogP contribution in [-0.2, 0) is 0 Å². The van der Waals surface area contributed by atoms with Crippen LogP contribution in [0.2, 0.25) is 5.02 Å². The minimum absolute atomic E-state index is 0.0640. The second kappa shape index (κ2) is 10.7. The van der Waals surface area contributed by atoms with Crippen LogP contribution >= 0.6 is 11.6 Å². The van der Waals surface area contributed by atoms with Crippen LogP contribution in [0, 0.1) is 12.8 Å². The van der Waals surface area contributed by atoms with Crippen LogP contribution in [0.5, 0.6) is 0 Å². The fraction of sp³-hybridized carbons (Fsp3) is 0.321. The molecule has 0 aliphatic carbocycles. The summed E-state index contributed by atoms with van der Waals surface area (Å²) in [5.74, 6) is 1.41. The largest absolute Gasteiger partial charge is 0.342 e. The topological polar surface area (TPSA) is 74.6 Å². The Balaban J connectivity index is 1.30. The van der Waals surface area contributed by atoms with Crippen molar-refractivity contribution in [3.8, 4) is 11.3 Å². The number of nitrogens with one attached hydrogen (secondary N) is 2. The minimum atomic E-state index is 0.0640. The maximum atomic E-state index is 13.1. The number of hydrogen-bond donors (Lipinski definition) is 2. The summed E-state index contributed by atoms with van der Waals surface area (Å²) < 4.78 is 2.00. The van der Waals surface area contributed by atoms with E-state index in [1.54, 1.807) is 6.20 Å². The van der Waals surface area contributed by atoms with Gasteiger partial charge >= 0.3 is 0 Å². The van der Waals surface area contributed by atoms with Crippen LogP contribution in [0.25, 0.3) is 16.9 Å². The molecule has 0 bridgehead atoms. The van der Waals surface area contributed by atoms with Crippen molar-refractivity contribution in [2.24, 2.45) is 5.92 Å². The molecule has 3 heterocycles. The van der Waals surface area contributed by atoms with Gasteiger partial charge < -0.3 is 15.5 Å². The summed E-state index contributed by atoms with van der Waals surface area (Å²) >= 11 is 6.05. The van der Waals surface area contributed by atoms with Gasteiger partial charge in [-0.3, -0.25) is 9.20 Å². The molecule has 4 aromatic rings. The van der Waals surface area contributed by atoms with Crippen molar-refractivity contribution in [1.29, 1.82) is 0 Å². The fourth-order valence-electron chi connectivity index (χ4n) is 4.81. The number of carbonyl (C=O) groups is 1.